The van der Waals surface area contributed by atoms with Gasteiger partial charge in [0.15, 0.2) is 0 Å². The Morgan fingerprint density at radius 3 is 2.33 bits per heavy atom. The average molecular weight is 329 g/mol. The van der Waals surface area contributed by atoms with Crippen LogP contribution in [0.1, 0.15) is 17.2 Å². The highest BCUT2D eigenvalue weighted by Crippen LogP contribution is 2.38. The van der Waals surface area contributed by atoms with Crippen molar-refractivity contribution in [1.82, 2.24) is 4.90 Å². The third-order valence-electron chi connectivity index (χ3n) is 3.96. The lowest BCUT2D eigenvalue weighted by Gasteiger charge is -2.21. The highest BCUT2D eigenvalue weighted by Gasteiger charge is 2.44. The summed E-state index contributed by atoms with van der Waals surface area (Å²) in [6.45, 7) is 0. The molecule has 0 bridgehead atoms. The van der Waals surface area contributed by atoms with Crippen LogP contribution in [0, 0.1) is 11.6 Å². The first kappa shape index (κ1) is 15.9. The van der Waals surface area contributed by atoms with E-state index in [9.17, 15) is 23.5 Å². The lowest BCUT2D eigenvalue weighted by atomic mass is 9.95. The largest absolute Gasteiger partial charge is 0.507 e. The zero-order valence-corrected chi connectivity index (χ0v) is 12.7. The van der Waals surface area contributed by atoms with Gasteiger partial charge in [0, 0.05) is 12.6 Å². The van der Waals surface area contributed by atoms with Gasteiger partial charge in [0.1, 0.15) is 17.4 Å². The highest BCUT2D eigenvalue weighted by molar-refractivity contribution is 6.46. The van der Waals surface area contributed by atoms with E-state index in [4.69, 9.17) is 0 Å². The van der Waals surface area contributed by atoms with Gasteiger partial charge in [-0.3, -0.25) is 9.59 Å². The predicted molar refractivity (Wildman–Crippen MR) is 82.9 cm³/mol. The number of ketones is 1. The van der Waals surface area contributed by atoms with E-state index in [0.717, 1.165) is 17.0 Å². The second kappa shape index (κ2) is 5.88. The first-order valence-corrected chi connectivity index (χ1v) is 7.16. The van der Waals surface area contributed by atoms with Gasteiger partial charge in [-0.05, 0) is 42.0 Å². The number of Topliss-reactive ketones (excluding diaryl/α,β-unsaturated/α-hetero) is 1. The van der Waals surface area contributed by atoms with E-state index in [-0.39, 0.29) is 11.1 Å². The lowest BCUT2D eigenvalue weighted by Crippen LogP contribution is -2.24. The minimum Gasteiger partial charge on any atom is -0.507 e. The number of halogens is 2. The second-order valence-corrected chi connectivity index (χ2v) is 5.47. The van der Waals surface area contributed by atoms with Crippen LogP contribution in [0.2, 0.25) is 0 Å². The third-order valence-corrected chi connectivity index (χ3v) is 3.96. The number of carbonyl (C=O) groups excluding carboxylic acids is 2. The van der Waals surface area contributed by atoms with Gasteiger partial charge in [-0.15, -0.1) is 0 Å². The summed E-state index contributed by atoms with van der Waals surface area (Å²) in [5, 5.41) is 10.5. The number of aliphatic hydroxyl groups is 1. The molecule has 0 aliphatic carbocycles. The van der Waals surface area contributed by atoms with Crippen LogP contribution in [0.5, 0.6) is 0 Å². The van der Waals surface area contributed by atoms with Crippen LogP contribution in [0.3, 0.4) is 0 Å². The van der Waals surface area contributed by atoms with Crippen LogP contribution in [-0.4, -0.2) is 28.7 Å². The Labute approximate surface area is 136 Å². The van der Waals surface area contributed by atoms with Crippen molar-refractivity contribution >= 4 is 17.4 Å². The third kappa shape index (κ3) is 2.56. The Morgan fingerprint density at radius 1 is 1.04 bits per heavy atom. The van der Waals surface area contributed by atoms with Crippen molar-refractivity contribution < 1.29 is 23.5 Å². The summed E-state index contributed by atoms with van der Waals surface area (Å²) >= 11 is 0. The first-order valence-electron chi connectivity index (χ1n) is 7.16. The second-order valence-electron chi connectivity index (χ2n) is 5.47. The van der Waals surface area contributed by atoms with Crippen LogP contribution in [-0.2, 0) is 9.59 Å². The van der Waals surface area contributed by atoms with E-state index in [0.29, 0.717) is 5.56 Å². The van der Waals surface area contributed by atoms with Gasteiger partial charge in [0.05, 0.1) is 11.6 Å². The molecule has 2 aromatic carbocycles. The van der Waals surface area contributed by atoms with Gasteiger partial charge in [-0.1, -0.05) is 12.1 Å². The molecule has 122 valence electrons. The molecule has 1 heterocycles. The van der Waals surface area contributed by atoms with Gasteiger partial charge in [0.25, 0.3) is 11.7 Å². The highest BCUT2D eigenvalue weighted by atomic mass is 19.1. The molecule has 3 rings (SSSR count). The Kier molecular flexibility index (Phi) is 3.89. The molecule has 0 aromatic heterocycles. The molecule has 0 radical (unpaired) electrons. The number of likely N-dealkylation sites (tertiary alicyclic amines) is 1. The van der Waals surface area contributed by atoms with E-state index in [1.165, 1.54) is 37.4 Å². The van der Waals surface area contributed by atoms with Crippen molar-refractivity contribution in [2.24, 2.45) is 0 Å². The van der Waals surface area contributed by atoms with E-state index in [1.54, 1.807) is 6.07 Å². The van der Waals surface area contributed by atoms with Crippen LogP contribution in [0.25, 0.3) is 5.76 Å². The van der Waals surface area contributed by atoms with Gasteiger partial charge < -0.3 is 10.0 Å². The van der Waals surface area contributed by atoms with Crippen molar-refractivity contribution in [3.63, 3.8) is 0 Å². The van der Waals surface area contributed by atoms with E-state index >= 15 is 0 Å². The van der Waals surface area contributed by atoms with Crippen LogP contribution >= 0.6 is 0 Å². The molecule has 1 fully saturated rings. The quantitative estimate of drug-likeness (QED) is 0.523. The van der Waals surface area contributed by atoms with E-state index < -0.39 is 35.1 Å². The summed E-state index contributed by atoms with van der Waals surface area (Å²) in [6.07, 6.45) is 0. The van der Waals surface area contributed by atoms with Crippen molar-refractivity contribution in [3.8, 4) is 0 Å². The SMILES string of the molecule is CN1C(=O)C(=O)/C(=C(/O)c2ccc(F)cc2)C1c1cccc(F)c1. The molecule has 1 aliphatic rings. The molecule has 1 atom stereocenters. The van der Waals surface area contributed by atoms with Crippen molar-refractivity contribution in [2.75, 3.05) is 7.05 Å². The Morgan fingerprint density at radius 2 is 1.71 bits per heavy atom. The molecule has 1 amide bonds. The molecule has 2 aromatic rings. The maximum Gasteiger partial charge on any atom is 0.295 e. The molecule has 1 saturated heterocycles. The van der Waals surface area contributed by atoms with Crippen LogP contribution < -0.4 is 0 Å². The van der Waals surface area contributed by atoms with E-state index in [2.05, 4.69) is 0 Å². The predicted octanol–water partition coefficient (Wildman–Crippen LogP) is 3.02. The zero-order chi connectivity index (χ0) is 17.4. The smallest absolute Gasteiger partial charge is 0.295 e. The number of nitrogens with zero attached hydrogens (tertiary/aromatic N) is 1. The number of amides is 1. The standard InChI is InChI=1S/C18H13F2NO3/c1-21-15(11-3-2-4-13(20)9-11)14(17(23)18(21)24)16(22)10-5-7-12(19)8-6-10/h2-9,15,22H,1H3/b16-14+. The lowest BCUT2D eigenvalue weighted by molar-refractivity contribution is -0.139. The van der Waals surface area contributed by atoms with Crippen molar-refractivity contribution in [3.05, 3.63) is 76.9 Å². The molecular weight excluding hydrogens is 316 g/mol. The summed E-state index contributed by atoms with van der Waals surface area (Å²) < 4.78 is 26.6. The van der Waals surface area contributed by atoms with Gasteiger partial charge in [-0.25, -0.2) is 8.78 Å². The number of hydrogen-bond donors (Lipinski definition) is 1. The number of rotatable bonds is 2. The van der Waals surface area contributed by atoms with E-state index in [1.807, 2.05) is 0 Å². The maximum atomic E-state index is 13.5. The average Bonchev–Trinajstić information content (AvgIpc) is 2.79. The minimum absolute atomic E-state index is 0.153. The number of hydrogen-bond acceptors (Lipinski definition) is 3. The summed E-state index contributed by atoms with van der Waals surface area (Å²) in [5.41, 5.74) is 0.407. The zero-order valence-electron chi connectivity index (χ0n) is 12.7. The molecular formula is C18H13F2NO3. The number of benzene rings is 2. The number of aliphatic hydroxyl groups excluding tert-OH is 1. The Bertz CT molecular complexity index is 859. The fraction of sp³-hybridized carbons (Fsp3) is 0.111. The van der Waals surface area contributed by atoms with Gasteiger partial charge in [-0.2, -0.15) is 0 Å². The normalized spacial score (nSPS) is 19.8. The van der Waals surface area contributed by atoms with Crippen molar-refractivity contribution in [2.45, 2.75) is 6.04 Å². The summed E-state index contributed by atoms with van der Waals surface area (Å²) in [5.74, 6) is -3.11. The van der Waals surface area contributed by atoms with Crippen LogP contribution in [0.15, 0.2) is 54.1 Å². The van der Waals surface area contributed by atoms with Gasteiger partial charge >= 0.3 is 0 Å². The molecule has 1 aliphatic heterocycles. The molecule has 4 nitrogen and oxygen atoms in total. The molecule has 0 saturated carbocycles. The fourth-order valence-electron chi connectivity index (χ4n) is 2.78. The number of carbonyl (C=O) groups is 2. The Balaban J connectivity index is 2.18. The molecule has 1 unspecified atom stereocenters. The van der Waals surface area contributed by atoms with Gasteiger partial charge in [0.2, 0.25) is 0 Å². The summed E-state index contributed by atoms with van der Waals surface area (Å²) in [7, 11) is 1.40. The topological polar surface area (TPSA) is 57.6 Å². The van der Waals surface area contributed by atoms with Crippen molar-refractivity contribution in [1.29, 1.82) is 0 Å². The monoisotopic (exact) mass is 329 g/mol. The van der Waals surface area contributed by atoms with Crippen LogP contribution in [0.4, 0.5) is 8.78 Å². The fourth-order valence-corrected chi connectivity index (χ4v) is 2.78. The number of likely N-dealkylation sites (N-methyl/N-ethyl adjacent to an activating group) is 1. The maximum absolute atomic E-state index is 13.5. The molecule has 1 N–H and O–H groups in total. The minimum atomic E-state index is -0.911. The molecule has 6 heteroatoms. The summed E-state index contributed by atoms with van der Waals surface area (Å²) in [4.78, 5) is 25.5. The first-order chi connectivity index (χ1) is 11.4. The molecule has 0 spiro atoms. The Hall–Kier alpha value is -3.02. The summed E-state index contributed by atoms with van der Waals surface area (Å²) in [6, 6.07) is 9.42. The molecule has 24 heavy (non-hydrogen) atoms.